The molecule has 0 amide bonds. The third kappa shape index (κ3) is 3.28. The van der Waals surface area contributed by atoms with Crippen molar-refractivity contribution >= 4 is 23.0 Å². The second-order valence-corrected chi connectivity index (χ2v) is 6.85. The molecular weight excluding hydrogens is 356 g/mol. The van der Waals surface area contributed by atoms with Gasteiger partial charge in [0.2, 0.25) is 0 Å². The van der Waals surface area contributed by atoms with E-state index in [0.29, 0.717) is 11.7 Å². The Morgan fingerprint density at radius 2 is 1.93 bits per heavy atom. The van der Waals surface area contributed by atoms with Crippen LogP contribution in [0.2, 0.25) is 0 Å². The summed E-state index contributed by atoms with van der Waals surface area (Å²) >= 11 is 5.72. The van der Waals surface area contributed by atoms with Crippen LogP contribution in [0.1, 0.15) is 30.4 Å². The van der Waals surface area contributed by atoms with Gasteiger partial charge in [0.25, 0.3) is 0 Å². The minimum absolute atomic E-state index is 0.00495. The molecule has 3 heterocycles. The number of anilines is 1. The van der Waals surface area contributed by atoms with Gasteiger partial charge in [-0.05, 0) is 67.7 Å². The van der Waals surface area contributed by atoms with E-state index in [1.54, 1.807) is 0 Å². The van der Waals surface area contributed by atoms with Gasteiger partial charge in [-0.2, -0.15) is 0 Å². The van der Waals surface area contributed by atoms with Crippen LogP contribution in [0.4, 0.5) is 5.69 Å². The molecule has 1 N–H and O–H groups in total. The summed E-state index contributed by atoms with van der Waals surface area (Å²) in [6, 6.07) is 18.2. The normalized spacial score (nSPS) is 19.2. The number of pyridine rings is 1. The number of ether oxygens (including phenoxy) is 1. The smallest absolute Gasteiger partial charge is 0.174 e. The Labute approximate surface area is 164 Å². The zero-order valence-electron chi connectivity index (χ0n) is 15.4. The van der Waals surface area contributed by atoms with E-state index >= 15 is 0 Å². The van der Waals surface area contributed by atoms with Crippen LogP contribution in [-0.4, -0.2) is 21.3 Å². The first-order valence-corrected chi connectivity index (χ1v) is 9.44. The van der Waals surface area contributed by atoms with E-state index < -0.39 is 0 Å². The van der Waals surface area contributed by atoms with Crippen LogP contribution < -0.4 is 15.0 Å². The van der Waals surface area contributed by atoms with Crippen molar-refractivity contribution in [2.24, 2.45) is 7.05 Å². The van der Waals surface area contributed by atoms with Crippen molar-refractivity contribution in [3.63, 3.8) is 0 Å². The Kier molecular flexibility index (Phi) is 4.81. The maximum absolute atomic E-state index is 5.72. The van der Waals surface area contributed by atoms with Gasteiger partial charge in [0.05, 0.1) is 18.3 Å². The number of benzene rings is 1. The highest BCUT2D eigenvalue weighted by Crippen LogP contribution is 2.41. The number of aromatic nitrogens is 2. The number of nitrogens with one attached hydrogen (secondary N) is 1. The number of thiocarbonyl (C=S) groups is 1. The van der Waals surface area contributed by atoms with E-state index in [1.807, 2.05) is 43.5 Å². The highest BCUT2D eigenvalue weighted by molar-refractivity contribution is 7.80. The fraction of sp³-hybridized carbons (Fsp3) is 0.238. The number of hydrogen-bond acceptors (Lipinski definition) is 3. The minimum Gasteiger partial charge on any atom is -0.494 e. The van der Waals surface area contributed by atoms with Gasteiger partial charge < -0.3 is 19.5 Å². The molecule has 4 rings (SSSR count). The molecule has 2 atom stereocenters. The van der Waals surface area contributed by atoms with Gasteiger partial charge in [0, 0.05) is 30.8 Å². The monoisotopic (exact) mass is 378 g/mol. The maximum atomic E-state index is 5.72. The lowest BCUT2D eigenvalue weighted by Gasteiger charge is -2.28. The van der Waals surface area contributed by atoms with Crippen LogP contribution in [0.25, 0.3) is 0 Å². The van der Waals surface area contributed by atoms with Crippen LogP contribution in [0, 0.1) is 0 Å². The van der Waals surface area contributed by atoms with E-state index in [0.717, 1.165) is 17.1 Å². The van der Waals surface area contributed by atoms with E-state index in [-0.39, 0.29) is 12.1 Å². The zero-order chi connectivity index (χ0) is 18.8. The van der Waals surface area contributed by atoms with Crippen molar-refractivity contribution in [1.29, 1.82) is 0 Å². The van der Waals surface area contributed by atoms with Crippen LogP contribution in [-0.2, 0) is 7.05 Å². The van der Waals surface area contributed by atoms with Gasteiger partial charge in [-0.3, -0.25) is 4.98 Å². The van der Waals surface area contributed by atoms with E-state index in [2.05, 4.69) is 57.3 Å². The van der Waals surface area contributed by atoms with E-state index in [9.17, 15) is 0 Å². The Bertz CT molecular complexity index is 923. The summed E-state index contributed by atoms with van der Waals surface area (Å²) in [6.45, 7) is 2.63. The van der Waals surface area contributed by atoms with Gasteiger partial charge in [-0.15, -0.1) is 0 Å². The van der Waals surface area contributed by atoms with Gasteiger partial charge >= 0.3 is 0 Å². The summed E-state index contributed by atoms with van der Waals surface area (Å²) in [4.78, 5) is 6.74. The molecule has 3 aromatic rings. The Morgan fingerprint density at radius 3 is 2.56 bits per heavy atom. The highest BCUT2D eigenvalue weighted by atomic mass is 32.1. The molecule has 1 aliphatic rings. The fourth-order valence-electron chi connectivity index (χ4n) is 3.58. The van der Waals surface area contributed by atoms with Crippen molar-refractivity contribution in [2.45, 2.75) is 19.0 Å². The lowest BCUT2D eigenvalue weighted by molar-refractivity contribution is 0.340. The second kappa shape index (κ2) is 7.40. The van der Waals surface area contributed by atoms with Crippen molar-refractivity contribution in [3.8, 4) is 5.75 Å². The van der Waals surface area contributed by atoms with Gasteiger partial charge in [0.1, 0.15) is 11.8 Å². The lowest BCUT2D eigenvalue weighted by Crippen LogP contribution is -2.30. The molecular formula is C21H22N4OS. The summed E-state index contributed by atoms with van der Waals surface area (Å²) in [7, 11) is 2.06. The highest BCUT2D eigenvalue weighted by Gasteiger charge is 2.41. The third-order valence-corrected chi connectivity index (χ3v) is 5.13. The zero-order valence-corrected chi connectivity index (χ0v) is 16.2. The molecule has 1 saturated heterocycles. The van der Waals surface area contributed by atoms with Gasteiger partial charge in [0.15, 0.2) is 5.11 Å². The van der Waals surface area contributed by atoms with Crippen LogP contribution in [0.3, 0.4) is 0 Å². The molecule has 6 heteroatoms. The standard InChI is InChI=1S/C21H22N4OS/c1-3-26-16-11-9-15(10-12-16)25-20(18-8-6-14-24(18)2)19(23-21(25)27)17-7-4-5-13-22-17/h4-14,19-20H,3H2,1-2H3,(H,23,27)/t19-,20+/m1/s1. The summed E-state index contributed by atoms with van der Waals surface area (Å²) in [6.07, 6.45) is 3.88. The average molecular weight is 379 g/mol. The summed E-state index contributed by atoms with van der Waals surface area (Å²) in [5.74, 6) is 0.857. The number of nitrogens with zero attached hydrogens (tertiary/aromatic N) is 3. The largest absolute Gasteiger partial charge is 0.494 e. The predicted octanol–water partition coefficient (Wildman–Crippen LogP) is 4.00. The molecule has 1 aromatic carbocycles. The van der Waals surface area contributed by atoms with Crippen molar-refractivity contribution in [3.05, 3.63) is 78.4 Å². The Morgan fingerprint density at radius 1 is 1.11 bits per heavy atom. The first kappa shape index (κ1) is 17.5. The summed E-state index contributed by atoms with van der Waals surface area (Å²) in [5, 5.41) is 4.17. The second-order valence-electron chi connectivity index (χ2n) is 6.47. The number of rotatable bonds is 5. The molecule has 5 nitrogen and oxygen atoms in total. The van der Waals surface area contributed by atoms with E-state index in [1.165, 1.54) is 5.69 Å². The van der Waals surface area contributed by atoms with Crippen LogP contribution in [0.5, 0.6) is 5.75 Å². The van der Waals surface area contributed by atoms with Crippen molar-refractivity contribution < 1.29 is 4.74 Å². The molecule has 0 spiro atoms. The number of aryl methyl sites for hydroxylation is 1. The van der Waals surface area contributed by atoms with Crippen LogP contribution >= 0.6 is 12.2 Å². The molecule has 138 valence electrons. The van der Waals surface area contributed by atoms with E-state index in [4.69, 9.17) is 17.0 Å². The third-order valence-electron chi connectivity index (χ3n) is 4.81. The topological polar surface area (TPSA) is 42.3 Å². The molecule has 2 aromatic heterocycles. The quantitative estimate of drug-likeness (QED) is 0.680. The number of hydrogen-bond donors (Lipinski definition) is 1. The molecule has 1 fully saturated rings. The molecule has 1 aliphatic heterocycles. The predicted molar refractivity (Wildman–Crippen MR) is 111 cm³/mol. The SMILES string of the molecule is CCOc1ccc(N2C(=S)N[C@H](c3ccccn3)[C@@H]2c2cccn2C)cc1. The fourth-order valence-corrected chi connectivity index (χ4v) is 3.93. The first-order valence-electron chi connectivity index (χ1n) is 9.04. The maximum Gasteiger partial charge on any atom is 0.174 e. The Balaban J connectivity index is 1.77. The molecule has 0 unspecified atom stereocenters. The summed E-state index contributed by atoms with van der Waals surface area (Å²) in [5.41, 5.74) is 3.17. The summed E-state index contributed by atoms with van der Waals surface area (Å²) < 4.78 is 7.71. The van der Waals surface area contributed by atoms with Crippen molar-refractivity contribution in [1.82, 2.24) is 14.9 Å². The van der Waals surface area contributed by atoms with Gasteiger partial charge in [-0.1, -0.05) is 6.07 Å². The molecule has 0 aliphatic carbocycles. The molecule has 0 bridgehead atoms. The minimum atomic E-state index is -0.0288. The Hall–Kier alpha value is -2.86. The molecule has 27 heavy (non-hydrogen) atoms. The van der Waals surface area contributed by atoms with Crippen LogP contribution in [0.15, 0.2) is 67.0 Å². The van der Waals surface area contributed by atoms with Gasteiger partial charge in [-0.25, -0.2) is 0 Å². The lowest BCUT2D eigenvalue weighted by atomic mass is 10.0. The molecule has 0 radical (unpaired) electrons. The average Bonchev–Trinajstić information content (AvgIpc) is 3.26. The molecule has 0 saturated carbocycles. The van der Waals surface area contributed by atoms with Crippen molar-refractivity contribution in [2.75, 3.05) is 11.5 Å². The first-order chi connectivity index (χ1) is 13.2.